The van der Waals surface area contributed by atoms with Gasteiger partial charge in [-0.3, -0.25) is 0 Å². The molecular weight excluding hydrogens is 188 g/mol. The highest BCUT2D eigenvalue weighted by Crippen LogP contribution is 2.22. The molecule has 0 unspecified atom stereocenters. The van der Waals surface area contributed by atoms with Crippen molar-refractivity contribution in [1.29, 1.82) is 0 Å². The lowest BCUT2D eigenvalue weighted by atomic mass is 9.98. The van der Waals surface area contributed by atoms with E-state index in [9.17, 15) is 4.79 Å². The Morgan fingerprint density at radius 2 is 2.20 bits per heavy atom. The fraction of sp³-hybridized carbons (Fsp3) is 0.417. The summed E-state index contributed by atoms with van der Waals surface area (Å²) in [6, 6.07) is -0.0231. The van der Waals surface area contributed by atoms with Crippen molar-refractivity contribution in [2.24, 2.45) is 0 Å². The Morgan fingerprint density at radius 1 is 1.40 bits per heavy atom. The van der Waals surface area contributed by atoms with Gasteiger partial charge in [0.15, 0.2) is 0 Å². The van der Waals surface area contributed by atoms with E-state index < -0.39 is 0 Å². The van der Waals surface area contributed by atoms with Crippen molar-refractivity contribution in [3.8, 4) is 0 Å². The van der Waals surface area contributed by atoms with Crippen LogP contribution in [0.15, 0.2) is 35.1 Å². The van der Waals surface area contributed by atoms with Gasteiger partial charge in [0.25, 0.3) is 0 Å². The lowest BCUT2D eigenvalue weighted by Gasteiger charge is -2.25. The zero-order chi connectivity index (χ0) is 10.8. The first-order valence-electron chi connectivity index (χ1n) is 5.27. The third-order valence-corrected chi connectivity index (χ3v) is 2.77. The zero-order valence-corrected chi connectivity index (χ0v) is 9.21. The van der Waals surface area contributed by atoms with Gasteiger partial charge in [0, 0.05) is 19.3 Å². The van der Waals surface area contributed by atoms with Crippen LogP contribution in [0.4, 0.5) is 4.79 Å². The van der Waals surface area contributed by atoms with E-state index in [1.165, 1.54) is 5.57 Å². The van der Waals surface area contributed by atoms with Crippen LogP contribution in [0.1, 0.15) is 19.8 Å². The molecule has 80 valence electrons. The molecule has 0 aromatic carbocycles. The smallest absolute Gasteiger partial charge is 0.321 e. The minimum absolute atomic E-state index is 0.0231. The number of nitrogens with one attached hydrogen (secondary N) is 1. The maximum absolute atomic E-state index is 11.5. The number of urea groups is 1. The predicted molar refractivity (Wildman–Crippen MR) is 60.3 cm³/mol. The first kappa shape index (κ1) is 10.0. The minimum Gasteiger partial charge on any atom is -0.324 e. The quantitative estimate of drug-likeness (QED) is 0.697. The standard InChI is InChI=1S/C12H16N2O/c1-9-4-3-5-10(8-9)11-6-7-14(2)12(15)13-11/h5-6,8H,3-4,7H2,1-2H3,(H,13,15). The second kappa shape index (κ2) is 3.93. The van der Waals surface area contributed by atoms with Gasteiger partial charge in [0.1, 0.15) is 0 Å². The van der Waals surface area contributed by atoms with Crippen molar-refractivity contribution in [2.45, 2.75) is 19.8 Å². The Kier molecular flexibility index (Phi) is 2.62. The van der Waals surface area contributed by atoms with Gasteiger partial charge >= 0.3 is 6.03 Å². The van der Waals surface area contributed by atoms with Crippen molar-refractivity contribution in [2.75, 3.05) is 13.6 Å². The van der Waals surface area contributed by atoms with E-state index in [-0.39, 0.29) is 6.03 Å². The average molecular weight is 204 g/mol. The molecule has 0 aromatic heterocycles. The van der Waals surface area contributed by atoms with Gasteiger partial charge in [0.05, 0.1) is 0 Å². The topological polar surface area (TPSA) is 32.3 Å². The second-order valence-corrected chi connectivity index (χ2v) is 4.12. The van der Waals surface area contributed by atoms with Crippen molar-refractivity contribution < 1.29 is 4.79 Å². The number of rotatable bonds is 1. The summed E-state index contributed by atoms with van der Waals surface area (Å²) in [6.45, 7) is 2.82. The monoisotopic (exact) mass is 204 g/mol. The highest BCUT2D eigenvalue weighted by Gasteiger charge is 2.17. The summed E-state index contributed by atoms with van der Waals surface area (Å²) < 4.78 is 0. The van der Waals surface area contributed by atoms with Crippen LogP contribution in [0.2, 0.25) is 0 Å². The number of allylic oxidation sites excluding steroid dienone is 3. The van der Waals surface area contributed by atoms with Crippen LogP contribution in [0.3, 0.4) is 0 Å². The molecule has 2 rings (SSSR count). The van der Waals surface area contributed by atoms with Crippen LogP contribution < -0.4 is 5.32 Å². The highest BCUT2D eigenvalue weighted by atomic mass is 16.2. The molecule has 0 radical (unpaired) electrons. The van der Waals surface area contributed by atoms with Crippen LogP contribution in [0.5, 0.6) is 0 Å². The van der Waals surface area contributed by atoms with Gasteiger partial charge in [-0.2, -0.15) is 0 Å². The van der Waals surface area contributed by atoms with E-state index in [2.05, 4.69) is 30.5 Å². The molecule has 0 fully saturated rings. The van der Waals surface area contributed by atoms with E-state index in [0.29, 0.717) is 6.54 Å². The third kappa shape index (κ3) is 2.12. The summed E-state index contributed by atoms with van der Waals surface area (Å²) in [6.07, 6.45) is 8.60. The SMILES string of the molecule is CC1=CC(C2=CCN(C)C(=O)N2)=CCC1. The Hall–Kier alpha value is -1.51. The van der Waals surface area contributed by atoms with Gasteiger partial charge in [-0.25, -0.2) is 4.79 Å². The zero-order valence-electron chi connectivity index (χ0n) is 9.21. The Labute approximate surface area is 90.1 Å². The van der Waals surface area contributed by atoms with Crippen LogP contribution >= 0.6 is 0 Å². The fourth-order valence-corrected chi connectivity index (χ4v) is 1.80. The molecule has 2 aliphatic rings. The van der Waals surface area contributed by atoms with Crippen LogP contribution in [-0.4, -0.2) is 24.5 Å². The molecule has 1 N–H and O–H groups in total. The van der Waals surface area contributed by atoms with E-state index in [0.717, 1.165) is 24.1 Å². The van der Waals surface area contributed by atoms with Gasteiger partial charge in [-0.1, -0.05) is 17.7 Å². The van der Waals surface area contributed by atoms with Crippen LogP contribution in [0.25, 0.3) is 0 Å². The van der Waals surface area contributed by atoms with E-state index in [1.54, 1.807) is 11.9 Å². The molecule has 3 nitrogen and oxygen atoms in total. The lowest BCUT2D eigenvalue weighted by Crippen LogP contribution is -2.41. The number of nitrogens with zero attached hydrogens (tertiary/aromatic N) is 1. The van der Waals surface area contributed by atoms with E-state index in [1.807, 2.05) is 0 Å². The maximum Gasteiger partial charge on any atom is 0.321 e. The third-order valence-electron chi connectivity index (χ3n) is 2.77. The molecule has 3 heteroatoms. The number of carbonyl (C=O) groups excluding carboxylic acids is 1. The summed E-state index contributed by atoms with van der Waals surface area (Å²) in [5.41, 5.74) is 3.49. The average Bonchev–Trinajstić information content (AvgIpc) is 2.22. The number of hydrogen-bond acceptors (Lipinski definition) is 1. The minimum atomic E-state index is -0.0231. The molecule has 15 heavy (non-hydrogen) atoms. The summed E-state index contributed by atoms with van der Waals surface area (Å²) in [5.74, 6) is 0. The largest absolute Gasteiger partial charge is 0.324 e. The normalized spacial score (nSPS) is 21.6. The molecule has 0 saturated heterocycles. The van der Waals surface area contributed by atoms with Crippen molar-refractivity contribution >= 4 is 6.03 Å². The van der Waals surface area contributed by atoms with Gasteiger partial charge in [-0.15, -0.1) is 0 Å². The second-order valence-electron chi connectivity index (χ2n) is 4.12. The summed E-state index contributed by atoms with van der Waals surface area (Å²) in [4.78, 5) is 13.1. The number of hydrogen-bond donors (Lipinski definition) is 1. The highest BCUT2D eigenvalue weighted by molar-refractivity contribution is 5.78. The van der Waals surface area contributed by atoms with Gasteiger partial charge in [0.2, 0.25) is 0 Å². The summed E-state index contributed by atoms with van der Waals surface area (Å²) in [7, 11) is 1.79. The Morgan fingerprint density at radius 3 is 2.87 bits per heavy atom. The molecule has 2 amide bonds. The van der Waals surface area contributed by atoms with E-state index in [4.69, 9.17) is 0 Å². The molecule has 0 atom stereocenters. The van der Waals surface area contributed by atoms with Gasteiger partial charge in [-0.05, 0) is 31.4 Å². The molecule has 1 aliphatic heterocycles. The fourth-order valence-electron chi connectivity index (χ4n) is 1.80. The molecule has 0 bridgehead atoms. The van der Waals surface area contributed by atoms with Crippen molar-refractivity contribution in [1.82, 2.24) is 10.2 Å². The first-order valence-corrected chi connectivity index (χ1v) is 5.27. The van der Waals surface area contributed by atoms with Crippen LogP contribution in [0, 0.1) is 0 Å². The first-order chi connectivity index (χ1) is 7.16. The predicted octanol–water partition coefficient (Wildman–Crippen LogP) is 2.19. The lowest BCUT2D eigenvalue weighted by molar-refractivity contribution is 0.213. The molecule has 1 heterocycles. The number of amides is 2. The summed E-state index contributed by atoms with van der Waals surface area (Å²) >= 11 is 0. The molecule has 0 spiro atoms. The Balaban J connectivity index is 2.19. The molecule has 1 aliphatic carbocycles. The molecule has 0 aromatic rings. The maximum atomic E-state index is 11.5. The molecular formula is C12H16N2O. The van der Waals surface area contributed by atoms with Crippen LogP contribution in [-0.2, 0) is 0 Å². The van der Waals surface area contributed by atoms with Crippen molar-refractivity contribution in [3.05, 3.63) is 35.1 Å². The summed E-state index contributed by atoms with van der Waals surface area (Å²) in [5, 5.41) is 2.89. The van der Waals surface area contributed by atoms with Gasteiger partial charge < -0.3 is 10.2 Å². The van der Waals surface area contributed by atoms with Crippen molar-refractivity contribution in [3.63, 3.8) is 0 Å². The number of likely N-dealkylation sites (N-methyl/N-ethyl adjacent to an activating group) is 1. The van der Waals surface area contributed by atoms with E-state index >= 15 is 0 Å². The molecule has 0 saturated carbocycles. The Bertz CT molecular complexity index is 377. The number of carbonyl (C=O) groups is 1.